The normalized spacial score (nSPS) is 20.8. The summed E-state index contributed by atoms with van der Waals surface area (Å²) in [4.78, 5) is 4.69. The van der Waals surface area contributed by atoms with Gasteiger partial charge in [-0.05, 0) is 32.0 Å². The summed E-state index contributed by atoms with van der Waals surface area (Å²) >= 11 is 6.19. The molecular formula is C12H14ClN3. The summed E-state index contributed by atoms with van der Waals surface area (Å²) in [5, 5.41) is 4.11. The van der Waals surface area contributed by atoms with Gasteiger partial charge in [-0.2, -0.15) is 0 Å². The topological polar surface area (TPSA) is 29.3 Å². The van der Waals surface area contributed by atoms with E-state index in [9.17, 15) is 0 Å². The smallest absolute Gasteiger partial charge is 0.138 e. The SMILES string of the molecule is Cc1c(C2CCNC2)nc2cccc(Cl)n12. The van der Waals surface area contributed by atoms with Gasteiger partial charge in [0.1, 0.15) is 10.8 Å². The van der Waals surface area contributed by atoms with Crippen LogP contribution in [0.15, 0.2) is 18.2 Å². The molecule has 2 aromatic heterocycles. The molecule has 0 aromatic carbocycles. The highest BCUT2D eigenvalue weighted by molar-refractivity contribution is 6.29. The number of hydrogen-bond donors (Lipinski definition) is 1. The maximum Gasteiger partial charge on any atom is 0.138 e. The lowest BCUT2D eigenvalue weighted by Crippen LogP contribution is -2.08. The number of aryl methyl sites for hydroxylation is 1. The minimum absolute atomic E-state index is 0.538. The van der Waals surface area contributed by atoms with Crippen LogP contribution in [-0.2, 0) is 0 Å². The monoisotopic (exact) mass is 235 g/mol. The molecule has 1 aliphatic heterocycles. The van der Waals surface area contributed by atoms with Gasteiger partial charge < -0.3 is 5.32 Å². The Morgan fingerprint density at radius 2 is 2.38 bits per heavy atom. The lowest BCUT2D eigenvalue weighted by molar-refractivity contribution is 0.734. The molecule has 1 unspecified atom stereocenters. The number of nitrogens with zero attached hydrogens (tertiary/aromatic N) is 2. The van der Waals surface area contributed by atoms with E-state index in [0.717, 1.165) is 23.9 Å². The molecule has 1 aliphatic rings. The number of hydrogen-bond acceptors (Lipinski definition) is 2. The standard InChI is InChI=1S/C12H14ClN3/c1-8-12(9-5-6-14-7-9)15-11-4-2-3-10(13)16(8)11/h2-4,9,14H,5-7H2,1H3. The van der Waals surface area contributed by atoms with E-state index in [4.69, 9.17) is 16.6 Å². The number of pyridine rings is 1. The number of rotatable bonds is 1. The average Bonchev–Trinajstić information content (AvgIpc) is 2.86. The number of imidazole rings is 1. The second kappa shape index (κ2) is 3.75. The van der Waals surface area contributed by atoms with Crippen LogP contribution >= 0.6 is 11.6 Å². The van der Waals surface area contributed by atoms with Crippen LogP contribution in [0.1, 0.15) is 23.7 Å². The highest BCUT2D eigenvalue weighted by Gasteiger charge is 2.22. The van der Waals surface area contributed by atoms with Gasteiger partial charge in [-0.25, -0.2) is 4.98 Å². The van der Waals surface area contributed by atoms with Gasteiger partial charge in [0.25, 0.3) is 0 Å². The molecule has 16 heavy (non-hydrogen) atoms. The first kappa shape index (κ1) is 10.1. The van der Waals surface area contributed by atoms with E-state index in [1.807, 2.05) is 22.6 Å². The molecule has 0 aliphatic carbocycles. The van der Waals surface area contributed by atoms with Crippen molar-refractivity contribution in [3.63, 3.8) is 0 Å². The highest BCUT2D eigenvalue weighted by atomic mass is 35.5. The lowest BCUT2D eigenvalue weighted by Gasteiger charge is -2.05. The minimum Gasteiger partial charge on any atom is -0.316 e. The summed E-state index contributed by atoms with van der Waals surface area (Å²) in [6.07, 6.45) is 1.17. The summed E-state index contributed by atoms with van der Waals surface area (Å²) < 4.78 is 2.02. The van der Waals surface area contributed by atoms with Crippen molar-refractivity contribution in [2.24, 2.45) is 0 Å². The Morgan fingerprint density at radius 1 is 1.50 bits per heavy atom. The van der Waals surface area contributed by atoms with Gasteiger partial charge in [-0.15, -0.1) is 0 Å². The van der Waals surface area contributed by atoms with E-state index in [2.05, 4.69) is 12.2 Å². The Labute approximate surface area is 99.4 Å². The van der Waals surface area contributed by atoms with Crippen molar-refractivity contribution in [2.45, 2.75) is 19.3 Å². The first-order valence-electron chi connectivity index (χ1n) is 5.61. The molecule has 1 saturated heterocycles. The van der Waals surface area contributed by atoms with Crippen LogP contribution in [0.5, 0.6) is 0 Å². The third kappa shape index (κ3) is 1.43. The van der Waals surface area contributed by atoms with Gasteiger partial charge in [-0.3, -0.25) is 4.40 Å². The Balaban J connectivity index is 2.19. The Morgan fingerprint density at radius 3 is 3.06 bits per heavy atom. The first-order chi connectivity index (χ1) is 7.77. The fourth-order valence-electron chi connectivity index (χ4n) is 2.48. The van der Waals surface area contributed by atoms with Gasteiger partial charge in [0.05, 0.1) is 5.69 Å². The van der Waals surface area contributed by atoms with E-state index in [0.29, 0.717) is 5.92 Å². The largest absolute Gasteiger partial charge is 0.316 e. The van der Waals surface area contributed by atoms with Crippen LogP contribution in [0.3, 0.4) is 0 Å². The number of nitrogens with one attached hydrogen (secondary N) is 1. The predicted octanol–water partition coefficient (Wildman–Crippen LogP) is 2.37. The lowest BCUT2D eigenvalue weighted by atomic mass is 10.0. The molecule has 1 atom stereocenters. The van der Waals surface area contributed by atoms with E-state index in [1.54, 1.807) is 0 Å². The van der Waals surface area contributed by atoms with Gasteiger partial charge >= 0.3 is 0 Å². The van der Waals surface area contributed by atoms with Crippen molar-refractivity contribution in [3.05, 3.63) is 34.7 Å². The zero-order valence-corrected chi connectivity index (χ0v) is 9.96. The van der Waals surface area contributed by atoms with Crippen LogP contribution < -0.4 is 5.32 Å². The van der Waals surface area contributed by atoms with Gasteiger partial charge in [0.2, 0.25) is 0 Å². The summed E-state index contributed by atoms with van der Waals surface area (Å²) in [6.45, 7) is 4.22. The van der Waals surface area contributed by atoms with Crippen LogP contribution in [0.2, 0.25) is 5.15 Å². The van der Waals surface area contributed by atoms with Crippen molar-refractivity contribution in [1.29, 1.82) is 0 Å². The first-order valence-corrected chi connectivity index (χ1v) is 5.99. The predicted molar refractivity (Wildman–Crippen MR) is 65.2 cm³/mol. The van der Waals surface area contributed by atoms with E-state index < -0.39 is 0 Å². The van der Waals surface area contributed by atoms with E-state index in [1.165, 1.54) is 17.8 Å². The summed E-state index contributed by atoms with van der Waals surface area (Å²) in [5.41, 5.74) is 3.32. The molecular weight excluding hydrogens is 222 g/mol. The van der Waals surface area contributed by atoms with Crippen LogP contribution in [0, 0.1) is 6.92 Å². The molecule has 84 valence electrons. The quantitative estimate of drug-likeness (QED) is 0.769. The van der Waals surface area contributed by atoms with Crippen molar-refractivity contribution in [3.8, 4) is 0 Å². The third-order valence-corrected chi connectivity index (χ3v) is 3.60. The summed E-state index contributed by atoms with van der Waals surface area (Å²) in [5.74, 6) is 0.538. The second-order valence-electron chi connectivity index (χ2n) is 4.31. The Bertz CT molecular complexity index is 526. The number of fused-ring (bicyclic) bond motifs is 1. The van der Waals surface area contributed by atoms with Crippen molar-refractivity contribution < 1.29 is 0 Å². The number of halogens is 1. The molecule has 0 saturated carbocycles. The third-order valence-electron chi connectivity index (χ3n) is 3.31. The fraction of sp³-hybridized carbons (Fsp3) is 0.417. The van der Waals surface area contributed by atoms with E-state index in [-0.39, 0.29) is 0 Å². The molecule has 0 amide bonds. The van der Waals surface area contributed by atoms with Gasteiger partial charge in [0, 0.05) is 18.2 Å². The summed E-state index contributed by atoms with van der Waals surface area (Å²) in [6, 6.07) is 5.85. The minimum atomic E-state index is 0.538. The van der Waals surface area contributed by atoms with E-state index >= 15 is 0 Å². The molecule has 0 bridgehead atoms. The molecule has 4 heteroatoms. The van der Waals surface area contributed by atoms with Crippen LogP contribution in [-0.4, -0.2) is 22.5 Å². The zero-order chi connectivity index (χ0) is 11.1. The van der Waals surface area contributed by atoms with Gasteiger partial charge in [0.15, 0.2) is 0 Å². The maximum absolute atomic E-state index is 6.19. The Kier molecular flexibility index (Phi) is 2.37. The fourth-order valence-corrected chi connectivity index (χ4v) is 2.77. The van der Waals surface area contributed by atoms with Crippen molar-refractivity contribution >= 4 is 17.2 Å². The van der Waals surface area contributed by atoms with Crippen molar-refractivity contribution in [2.75, 3.05) is 13.1 Å². The molecule has 0 spiro atoms. The molecule has 1 N–H and O–H groups in total. The zero-order valence-electron chi connectivity index (χ0n) is 9.20. The highest BCUT2D eigenvalue weighted by Crippen LogP contribution is 2.27. The van der Waals surface area contributed by atoms with Crippen molar-refractivity contribution in [1.82, 2.24) is 14.7 Å². The van der Waals surface area contributed by atoms with Crippen LogP contribution in [0.25, 0.3) is 5.65 Å². The van der Waals surface area contributed by atoms with Gasteiger partial charge in [-0.1, -0.05) is 17.7 Å². The molecule has 0 radical (unpaired) electrons. The maximum atomic E-state index is 6.19. The molecule has 1 fully saturated rings. The second-order valence-corrected chi connectivity index (χ2v) is 4.70. The molecule has 3 heterocycles. The molecule has 2 aromatic rings. The average molecular weight is 236 g/mol. The van der Waals surface area contributed by atoms with Crippen LogP contribution in [0.4, 0.5) is 0 Å². The number of aromatic nitrogens is 2. The Hall–Kier alpha value is -1.06. The molecule has 3 rings (SSSR count). The summed E-state index contributed by atoms with van der Waals surface area (Å²) in [7, 11) is 0. The molecule has 3 nitrogen and oxygen atoms in total.